The number of fused-ring (bicyclic) bond motifs is 3. The first-order chi connectivity index (χ1) is 21.2. The lowest BCUT2D eigenvalue weighted by atomic mass is 9.99. The average molecular weight is 570 g/mol. The van der Waals surface area contributed by atoms with Gasteiger partial charge in [-0.2, -0.15) is 0 Å². The van der Waals surface area contributed by atoms with Gasteiger partial charge in [-0.3, -0.25) is 5.41 Å². The van der Waals surface area contributed by atoms with Gasteiger partial charge in [0.05, 0.1) is 15.9 Å². The minimum atomic E-state index is 0.224. The molecule has 4 heteroatoms. The SMILES string of the molecule is N=C(N=C(/C=C/c1ccccc1)c1ccccc1)c1ccc(-c2ccc3c(ccc4sc(-c5ccccc5)nc43)c2)cc1. The van der Waals surface area contributed by atoms with E-state index in [2.05, 4.69) is 78.9 Å². The second kappa shape index (κ2) is 11.8. The molecule has 6 aromatic carbocycles. The number of nitrogens with zero attached hydrogens (tertiary/aromatic N) is 2. The summed E-state index contributed by atoms with van der Waals surface area (Å²) in [4.78, 5) is 9.73. The fourth-order valence-electron chi connectivity index (χ4n) is 5.16. The third-order valence-electron chi connectivity index (χ3n) is 7.42. The van der Waals surface area contributed by atoms with Gasteiger partial charge in [-0.1, -0.05) is 140 Å². The number of nitrogens with one attached hydrogen (secondary N) is 1. The maximum Gasteiger partial charge on any atom is 0.152 e. The van der Waals surface area contributed by atoms with Crippen LogP contribution >= 0.6 is 11.3 Å². The summed E-state index contributed by atoms with van der Waals surface area (Å²) in [6.07, 6.45) is 4.01. The Balaban J connectivity index is 1.16. The summed E-state index contributed by atoms with van der Waals surface area (Å²) in [6.45, 7) is 0. The molecule has 1 heterocycles. The van der Waals surface area contributed by atoms with Crippen molar-refractivity contribution in [1.29, 1.82) is 5.41 Å². The van der Waals surface area contributed by atoms with Crippen LogP contribution in [0.25, 0.3) is 48.8 Å². The van der Waals surface area contributed by atoms with Crippen LogP contribution in [0, 0.1) is 5.41 Å². The van der Waals surface area contributed by atoms with Crippen LogP contribution in [-0.2, 0) is 0 Å². The summed E-state index contributed by atoms with van der Waals surface area (Å²) in [5.41, 5.74) is 7.99. The van der Waals surface area contributed by atoms with Crippen molar-refractivity contribution in [2.24, 2.45) is 4.99 Å². The van der Waals surface area contributed by atoms with Crippen molar-refractivity contribution >= 4 is 49.9 Å². The second-order valence-corrected chi connectivity index (χ2v) is 11.3. The molecule has 43 heavy (non-hydrogen) atoms. The Morgan fingerprint density at radius 3 is 2.05 bits per heavy atom. The smallest absolute Gasteiger partial charge is 0.152 e. The third-order valence-corrected chi connectivity index (χ3v) is 8.49. The molecule has 0 saturated carbocycles. The lowest BCUT2D eigenvalue weighted by Crippen LogP contribution is -2.03. The maximum atomic E-state index is 8.79. The Morgan fingerprint density at radius 1 is 0.628 bits per heavy atom. The summed E-state index contributed by atoms with van der Waals surface area (Å²) < 4.78 is 1.19. The Labute approximate surface area is 254 Å². The molecule has 1 N–H and O–H groups in total. The molecule has 0 amide bonds. The topological polar surface area (TPSA) is 49.1 Å². The number of amidine groups is 1. The normalized spacial score (nSPS) is 11.9. The van der Waals surface area contributed by atoms with Crippen LogP contribution in [0.1, 0.15) is 16.7 Å². The number of aliphatic imine (C=N–C) groups is 1. The molecular weight excluding hydrogens is 543 g/mol. The molecule has 0 bridgehead atoms. The zero-order chi connectivity index (χ0) is 29.0. The van der Waals surface area contributed by atoms with Gasteiger partial charge in [-0.05, 0) is 40.3 Å². The molecule has 0 unspecified atom stereocenters. The molecule has 0 aliphatic heterocycles. The predicted molar refractivity (Wildman–Crippen MR) is 183 cm³/mol. The highest BCUT2D eigenvalue weighted by Gasteiger charge is 2.11. The first kappa shape index (κ1) is 26.4. The van der Waals surface area contributed by atoms with E-state index in [-0.39, 0.29) is 5.84 Å². The highest BCUT2D eigenvalue weighted by molar-refractivity contribution is 7.21. The van der Waals surface area contributed by atoms with Gasteiger partial charge < -0.3 is 0 Å². The minimum absolute atomic E-state index is 0.224. The van der Waals surface area contributed by atoms with Gasteiger partial charge in [0.25, 0.3) is 0 Å². The Kier molecular flexibility index (Phi) is 7.26. The number of allylic oxidation sites excluding steroid dienone is 1. The Hall–Kier alpha value is -5.45. The molecule has 204 valence electrons. The number of benzene rings is 6. The van der Waals surface area contributed by atoms with Crippen LogP contribution in [0.4, 0.5) is 0 Å². The fourth-order valence-corrected chi connectivity index (χ4v) is 6.14. The maximum absolute atomic E-state index is 8.79. The molecule has 0 atom stereocenters. The highest BCUT2D eigenvalue weighted by Crippen LogP contribution is 2.35. The lowest BCUT2D eigenvalue weighted by molar-refractivity contribution is 1.41. The molecule has 7 aromatic rings. The van der Waals surface area contributed by atoms with Gasteiger partial charge in [-0.15, -0.1) is 11.3 Å². The molecule has 0 aliphatic rings. The van der Waals surface area contributed by atoms with E-state index in [1.165, 1.54) is 4.70 Å². The fraction of sp³-hybridized carbons (Fsp3) is 0. The summed E-state index contributed by atoms with van der Waals surface area (Å²) in [5, 5.41) is 12.1. The van der Waals surface area contributed by atoms with Crippen LogP contribution in [0.2, 0.25) is 0 Å². The molecule has 0 aliphatic carbocycles. The monoisotopic (exact) mass is 569 g/mol. The molecule has 0 radical (unpaired) electrons. The van der Waals surface area contributed by atoms with Gasteiger partial charge in [0.2, 0.25) is 0 Å². The van der Waals surface area contributed by atoms with Crippen LogP contribution in [0.3, 0.4) is 0 Å². The standard InChI is InChI=1S/C39H27N3S/c40-38(41-35(29-12-6-2-7-13-29)24-16-27-10-4-1-5-11-27)30-19-17-28(18-20-30)32-21-23-34-33(26-32)22-25-36-37(34)42-39(43-36)31-14-8-3-9-15-31/h1-26,40H/b24-16+,40-38?,41-35?. The predicted octanol–water partition coefficient (Wildman–Crippen LogP) is 10.3. The summed E-state index contributed by atoms with van der Waals surface area (Å²) >= 11 is 1.73. The van der Waals surface area contributed by atoms with Crippen molar-refractivity contribution in [3.8, 4) is 21.7 Å². The van der Waals surface area contributed by atoms with E-state index in [0.717, 1.165) is 60.4 Å². The molecule has 0 saturated heterocycles. The van der Waals surface area contributed by atoms with E-state index in [4.69, 9.17) is 15.4 Å². The van der Waals surface area contributed by atoms with Crippen molar-refractivity contribution in [2.45, 2.75) is 0 Å². The first-order valence-electron chi connectivity index (χ1n) is 14.2. The van der Waals surface area contributed by atoms with Crippen molar-refractivity contribution < 1.29 is 0 Å². The molecule has 7 rings (SSSR count). The van der Waals surface area contributed by atoms with E-state index < -0.39 is 0 Å². The van der Waals surface area contributed by atoms with E-state index in [1.54, 1.807) is 11.3 Å². The molecule has 0 spiro atoms. The van der Waals surface area contributed by atoms with Gasteiger partial charge in [0.15, 0.2) is 5.84 Å². The van der Waals surface area contributed by atoms with Crippen molar-refractivity contribution in [2.75, 3.05) is 0 Å². The highest BCUT2D eigenvalue weighted by atomic mass is 32.1. The lowest BCUT2D eigenvalue weighted by Gasteiger charge is -2.07. The van der Waals surface area contributed by atoms with Crippen LogP contribution in [-0.4, -0.2) is 16.5 Å². The van der Waals surface area contributed by atoms with Gasteiger partial charge in [0.1, 0.15) is 5.01 Å². The number of rotatable bonds is 6. The van der Waals surface area contributed by atoms with E-state index >= 15 is 0 Å². The summed E-state index contributed by atoms with van der Waals surface area (Å²) in [5.74, 6) is 0.224. The molecule has 1 aromatic heterocycles. The molecule has 3 nitrogen and oxygen atoms in total. The number of thiazole rings is 1. The zero-order valence-corrected chi connectivity index (χ0v) is 24.1. The van der Waals surface area contributed by atoms with E-state index in [9.17, 15) is 0 Å². The first-order valence-corrected chi connectivity index (χ1v) is 15.0. The van der Waals surface area contributed by atoms with Gasteiger partial charge >= 0.3 is 0 Å². The van der Waals surface area contributed by atoms with Gasteiger partial charge in [-0.25, -0.2) is 9.98 Å². The average Bonchev–Trinajstić information content (AvgIpc) is 3.53. The number of aromatic nitrogens is 1. The minimum Gasteiger partial charge on any atom is -0.282 e. The molecular formula is C39H27N3S. The zero-order valence-electron chi connectivity index (χ0n) is 23.3. The van der Waals surface area contributed by atoms with Crippen LogP contribution < -0.4 is 0 Å². The van der Waals surface area contributed by atoms with Crippen molar-refractivity contribution in [3.05, 3.63) is 168 Å². The second-order valence-electron chi connectivity index (χ2n) is 10.3. The third kappa shape index (κ3) is 5.69. The summed E-state index contributed by atoms with van der Waals surface area (Å²) in [7, 11) is 0. The Morgan fingerprint density at radius 2 is 1.30 bits per heavy atom. The van der Waals surface area contributed by atoms with Gasteiger partial charge in [0, 0.05) is 22.1 Å². The summed E-state index contributed by atoms with van der Waals surface area (Å²) in [6, 6.07) is 49.5. The number of hydrogen-bond donors (Lipinski definition) is 1. The van der Waals surface area contributed by atoms with Crippen molar-refractivity contribution in [3.63, 3.8) is 0 Å². The van der Waals surface area contributed by atoms with Crippen molar-refractivity contribution in [1.82, 2.24) is 4.98 Å². The van der Waals surface area contributed by atoms with Crippen LogP contribution in [0.15, 0.2) is 157 Å². The largest absolute Gasteiger partial charge is 0.282 e. The van der Waals surface area contributed by atoms with E-state index in [0.29, 0.717) is 0 Å². The number of hydrogen-bond acceptors (Lipinski definition) is 3. The molecule has 0 fully saturated rings. The van der Waals surface area contributed by atoms with Crippen LogP contribution in [0.5, 0.6) is 0 Å². The van der Waals surface area contributed by atoms with E-state index in [1.807, 2.05) is 78.9 Å². The Bertz CT molecular complexity index is 2110. The quantitative estimate of drug-likeness (QED) is 0.157.